The minimum absolute atomic E-state index is 0.0515. The molecule has 1 saturated heterocycles. The van der Waals surface area contributed by atoms with Crippen LogP contribution in [0.1, 0.15) is 0 Å². The van der Waals surface area contributed by atoms with Crippen LogP contribution >= 0.6 is 22.9 Å². The van der Waals surface area contributed by atoms with Crippen LogP contribution in [0.3, 0.4) is 0 Å². The lowest BCUT2D eigenvalue weighted by molar-refractivity contribution is -0.114. The van der Waals surface area contributed by atoms with Crippen LogP contribution in [-0.4, -0.2) is 68.7 Å². The van der Waals surface area contributed by atoms with Crippen molar-refractivity contribution in [2.75, 3.05) is 53.0 Å². The number of nitrogens with zero attached hydrogens (tertiary/aromatic N) is 2. The number of hydrogen-bond donors (Lipinski definition) is 1. The summed E-state index contributed by atoms with van der Waals surface area (Å²) in [6, 6.07) is 0. The van der Waals surface area contributed by atoms with Gasteiger partial charge in [0.05, 0.1) is 29.5 Å². The van der Waals surface area contributed by atoms with Crippen LogP contribution in [0.4, 0.5) is 0 Å². The van der Waals surface area contributed by atoms with E-state index in [1.54, 1.807) is 13.2 Å². The van der Waals surface area contributed by atoms with Crippen molar-refractivity contribution < 1.29 is 9.53 Å². The number of carbonyl (C=O) groups is 1. The zero-order chi connectivity index (χ0) is 12.5. The van der Waals surface area contributed by atoms with Crippen molar-refractivity contribution in [2.45, 2.75) is 0 Å². The van der Waals surface area contributed by atoms with Crippen molar-refractivity contribution in [3.63, 3.8) is 0 Å². The molecule has 0 unspecified atom stereocenters. The van der Waals surface area contributed by atoms with E-state index < -0.39 is 0 Å². The van der Waals surface area contributed by atoms with E-state index >= 15 is 0 Å². The molecule has 0 atom stereocenters. The van der Waals surface area contributed by atoms with Gasteiger partial charge in [-0.05, 0) is 0 Å². The molecule has 0 aliphatic carbocycles. The van der Waals surface area contributed by atoms with E-state index in [1.807, 2.05) is 28.9 Å². The molecular formula is C11H20IN3O2. The molecule has 1 aliphatic heterocycles. The summed E-state index contributed by atoms with van der Waals surface area (Å²) in [6.07, 6.45) is 3.50. The van der Waals surface area contributed by atoms with E-state index in [2.05, 4.69) is 13.3 Å². The molecule has 1 N–H and O–H groups in total. The Morgan fingerprint density at radius 1 is 1.35 bits per heavy atom. The molecule has 5 nitrogen and oxygen atoms in total. The van der Waals surface area contributed by atoms with E-state index in [0.717, 1.165) is 45.9 Å². The van der Waals surface area contributed by atoms with Gasteiger partial charge in [0.2, 0.25) is 0 Å². The van der Waals surface area contributed by atoms with Crippen LogP contribution in [0.15, 0.2) is 12.2 Å². The topological polar surface area (TPSA) is 44.8 Å². The fourth-order valence-electron chi connectivity index (χ4n) is 1.76. The Kier molecular flexibility index (Phi) is 7.74. The third kappa shape index (κ3) is 6.35. The maximum absolute atomic E-state index is 11.0. The van der Waals surface area contributed by atoms with Gasteiger partial charge in [-0.1, -0.05) is 6.08 Å². The summed E-state index contributed by atoms with van der Waals surface area (Å²) in [4.78, 5) is 15.7. The third-order valence-corrected chi connectivity index (χ3v) is 3.33. The summed E-state index contributed by atoms with van der Waals surface area (Å²) in [6.45, 7) is 6.93. The van der Waals surface area contributed by atoms with Gasteiger partial charge in [-0.15, -0.1) is 0 Å². The monoisotopic (exact) mass is 353 g/mol. The fraction of sp³-hybridized carbons (Fsp3) is 0.727. The van der Waals surface area contributed by atoms with Crippen LogP contribution in [0.25, 0.3) is 0 Å². The second kappa shape index (κ2) is 8.84. The molecule has 1 rings (SSSR count). The van der Waals surface area contributed by atoms with Gasteiger partial charge >= 0.3 is 0 Å². The molecule has 0 radical (unpaired) electrons. The van der Waals surface area contributed by atoms with E-state index in [4.69, 9.17) is 4.74 Å². The van der Waals surface area contributed by atoms with E-state index in [0.29, 0.717) is 0 Å². The standard InChI is InChI=1S/C11H20IN3O2/c1-17-10-9-15-7-5-14(6-8-15)4-2-3-11(16)13-12/h2-3H,4-10H2,1H3,(H,13,16)/b3-2+. The molecule has 1 amide bonds. The summed E-state index contributed by atoms with van der Waals surface area (Å²) >= 11 is 1.84. The van der Waals surface area contributed by atoms with Gasteiger partial charge in [0.1, 0.15) is 0 Å². The first-order valence-corrected chi connectivity index (χ1v) is 6.85. The Bertz CT molecular complexity index is 253. The van der Waals surface area contributed by atoms with Gasteiger partial charge in [0.15, 0.2) is 0 Å². The minimum atomic E-state index is -0.0515. The van der Waals surface area contributed by atoms with Gasteiger partial charge < -0.3 is 4.74 Å². The highest BCUT2D eigenvalue weighted by atomic mass is 127. The Morgan fingerprint density at radius 2 is 2.00 bits per heavy atom. The molecule has 0 saturated carbocycles. The lowest BCUT2D eigenvalue weighted by Crippen LogP contribution is -2.47. The van der Waals surface area contributed by atoms with Crippen molar-refractivity contribution >= 4 is 28.8 Å². The van der Waals surface area contributed by atoms with Gasteiger partial charge in [-0.2, -0.15) is 0 Å². The highest BCUT2D eigenvalue weighted by Crippen LogP contribution is 2.01. The average molecular weight is 353 g/mol. The second-order valence-electron chi connectivity index (χ2n) is 4.00. The van der Waals surface area contributed by atoms with E-state index in [1.165, 1.54) is 0 Å². The van der Waals surface area contributed by atoms with Crippen LogP contribution in [0.5, 0.6) is 0 Å². The number of methoxy groups -OCH3 is 1. The van der Waals surface area contributed by atoms with E-state index in [9.17, 15) is 4.79 Å². The number of piperazine rings is 1. The molecule has 0 aromatic heterocycles. The summed E-state index contributed by atoms with van der Waals surface area (Å²) in [5.74, 6) is -0.0515. The number of amides is 1. The predicted molar refractivity (Wildman–Crippen MR) is 76.1 cm³/mol. The molecule has 0 aromatic rings. The normalized spacial score (nSPS) is 18.7. The summed E-state index contributed by atoms with van der Waals surface area (Å²) < 4.78 is 7.60. The van der Waals surface area contributed by atoms with Crippen LogP contribution in [0.2, 0.25) is 0 Å². The van der Waals surface area contributed by atoms with Crippen LogP contribution in [-0.2, 0) is 9.53 Å². The smallest absolute Gasteiger partial charge is 0.252 e. The first-order chi connectivity index (χ1) is 8.26. The van der Waals surface area contributed by atoms with Crippen molar-refractivity contribution in [3.8, 4) is 0 Å². The molecule has 1 heterocycles. The Hall–Kier alpha value is -0.180. The largest absolute Gasteiger partial charge is 0.383 e. The molecule has 1 fully saturated rings. The van der Waals surface area contributed by atoms with Gasteiger partial charge in [0, 0.05) is 52.5 Å². The third-order valence-electron chi connectivity index (χ3n) is 2.80. The number of rotatable bonds is 6. The van der Waals surface area contributed by atoms with Gasteiger partial charge in [-0.3, -0.25) is 18.1 Å². The molecule has 0 spiro atoms. The molecule has 6 heteroatoms. The quantitative estimate of drug-likeness (QED) is 0.423. The molecule has 0 bridgehead atoms. The Balaban J connectivity index is 2.14. The predicted octanol–water partition coefficient (Wildman–Crippen LogP) is 0.273. The zero-order valence-electron chi connectivity index (χ0n) is 10.2. The zero-order valence-corrected chi connectivity index (χ0v) is 12.4. The van der Waals surface area contributed by atoms with Crippen molar-refractivity contribution in [2.24, 2.45) is 0 Å². The number of ether oxygens (including phenoxy) is 1. The highest BCUT2D eigenvalue weighted by molar-refractivity contribution is 14.1. The number of nitrogens with one attached hydrogen (secondary N) is 1. The van der Waals surface area contributed by atoms with Crippen LogP contribution < -0.4 is 3.53 Å². The van der Waals surface area contributed by atoms with Crippen LogP contribution in [0, 0.1) is 0 Å². The summed E-state index contributed by atoms with van der Waals surface area (Å²) in [5, 5.41) is 0. The van der Waals surface area contributed by atoms with Gasteiger partial charge in [-0.25, -0.2) is 0 Å². The fourth-order valence-corrected chi connectivity index (χ4v) is 1.94. The molecule has 0 aromatic carbocycles. The molecule has 98 valence electrons. The Labute approximate surface area is 117 Å². The Morgan fingerprint density at radius 3 is 2.59 bits per heavy atom. The molecule has 17 heavy (non-hydrogen) atoms. The minimum Gasteiger partial charge on any atom is -0.383 e. The van der Waals surface area contributed by atoms with E-state index in [-0.39, 0.29) is 5.91 Å². The molecule has 1 aliphatic rings. The SMILES string of the molecule is COCCN1CCN(C/C=C/C(=O)NI)CC1. The lowest BCUT2D eigenvalue weighted by Gasteiger charge is -2.33. The average Bonchev–Trinajstić information content (AvgIpc) is 2.37. The van der Waals surface area contributed by atoms with Crippen molar-refractivity contribution in [1.29, 1.82) is 0 Å². The number of hydrogen-bond acceptors (Lipinski definition) is 4. The first-order valence-electron chi connectivity index (χ1n) is 5.77. The lowest BCUT2D eigenvalue weighted by atomic mass is 10.3. The highest BCUT2D eigenvalue weighted by Gasteiger charge is 2.14. The number of carbonyl (C=O) groups excluding carboxylic acids is 1. The molecular weight excluding hydrogens is 333 g/mol. The second-order valence-corrected chi connectivity index (χ2v) is 4.54. The summed E-state index contributed by atoms with van der Waals surface area (Å²) in [7, 11) is 1.74. The summed E-state index contributed by atoms with van der Waals surface area (Å²) in [5.41, 5.74) is 0. The maximum Gasteiger partial charge on any atom is 0.252 e. The maximum atomic E-state index is 11.0. The number of halogens is 1. The van der Waals surface area contributed by atoms with Gasteiger partial charge in [0.25, 0.3) is 5.91 Å². The van der Waals surface area contributed by atoms with Crippen molar-refractivity contribution in [1.82, 2.24) is 13.3 Å². The first kappa shape index (κ1) is 14.9. The van der Waals surface area contributed by atoms with Crippen molar-refractivity contribution in [3.05, 3.63) is 12.2 Å².